The number of benzene rings is 3. The number of esters is 2. The summed E-state index contributed by atoms with van der Waals surface area (Å²) in [6, 6.07) is 27.3. The zero-order valence-corrected chi connectivity index (χ0v) is 24.5. The molecule has 0 aliphatic carbocycles. The molecule has 0 saturated heterocycles. The highest BCUT2D eigenvalue weighted by Gasteiger charge is 2.51. The molecule has 44 heavy (non-hydrogen) atoms. The Balaban J connectivity index is 1.22. The lowest BCUT2D eigenvalue weighted by atomic mass is 9.85. The van der Waals surface area contributed by atoms with Crippen LogP contribution < -0.4 is 5.56 Å². The normalized spacial score (nSPS) is 20.8. The predicted molar refractivity (Wildman–Crippen MR) is 163 cm³/mol. The molecular formula is C36H32N2O6. The summed E-state index contributed by atoms with van der Waals surface area (Å²) in [7, 11) is 0. The third kappa shape index (κ3) is 4.66. The Labute approximate surface area is 254 Å². The lowest BCUT2D eigenvalue weighted by molar-refractivity contribution is -0.193. The molecule has 4 heterocycles. The summed E-state index contributed by atoms with van der Waals surface area (Å²) in [6.45, 7) is 2.81. The van der Waals surface area contributed by atoms with Crippen molar-refractivity contribution in [2.75, 3.05) is 0 Å². The molecule has 8 heteroatoms. The number of pyridine rings is 1. The van der Waals surface area contributed by atoms with Crippen LogP contribution in [0.25, 0.3) is 11.1 Å². The first-order valence-corrected chi connectivity index (χ1v) is 15.0. The Morgan fingerprint density at radius 1 is 0.932 bits per heavy atom. The van der Waals surface area contributed by atoms with Gasteiger partial charge in [-0.25, -0.2) is 4.79 Å². The average molecular weight is 589 g/mol. The van der Waals surface area contributed by atoms with Crippen LogP contribution in [0.1, 0.15) is 58.1 Å². The van der Waals surface area contributed by atoms with Crippen molar-refractivity contribution in [2.45, 2.75) is 64.1 Å². The lowest BCUT2D eigenvalue weighted by Crippen LogP contribution is -2.52. The summed E-state index contributed by atoms with van der Waals surface area (Å²) in [5.74, 6) is -1.47. The highest BCUT2D eigenvalue weighted by molar-refractivity contribution is 5.97. The fourth-order valence-corrected chi connectivity index (χ4v) is 6.73. The van der Waals surface area contributed by atoms with E-state index in [1.54, 1.807) is 13.0 Å². The van der Waals surface area contributed by atoms with Gasteiger partial charge in [-0.15, -0.1) is 0 Å². The number of ether oxygens (including phenoxy) is 2. The monoisotopic (exact) mass is 588 g/mol. The summed E-state index contributed by atoms with van der Waals surface area (Å²) in [5, 5.41) is 0. The van der Waals surface area contributed by atoms with E-state index in [0.717, 1.165) is 27.8 Å². The minimum absolute atomic E-state index is 0.0614. The molecule has 0 radical (unpaired) electrons. The van der Waals surface area contributed by atoms with Gasteiger partial charge in [0.1, 0.15) is 12.6 Å². The molecule has 0 bridgehead atoms. The number of fused-ring (bicyclic) bond motifs is 3. The maximum Gasteiger partial charge on any atom is 0.355 e. The first kappa shape index (κ1) is 28.0. The third-order valence-electron chi connectivity index (χ3n) is 9.20. The molecule has 0 N–H and O–H groups in total. The third-order valence-corrected chi connectivity index (χ3v) is 9.20. The zero-order valence-electron chi connectivity index (χ0n) is 24.5. The molecule has 3 aliphatic heterocycles. The summed E-state index contributed by atoms with van der Waals surface area (Å²) < 4.78 is 13.1. The molecule has 0 spiro atoms. The number of ketones is 1. The SMILES string of the molecule is CCC1(OC(=O)C2Cc3ccccc3CN2Cc2ccc(-c3ccccc3)cc2)C(=O)OCc2c1cc1n(c2=O)CCC1=O. The zero-order chi connectivity index (χ0) is 30.4. The van der Waals surface area contributed by atoms with Gasteiger partial charge in [-0.3, -0.25) is 19.3 Å². The average Bonchev–Trinajstić information content (AvgIpc) is 3.43. The van der Waals surface area contributed by atoms with Crippen molar-refractivity contribution in [1.82, 2.24) is 9.47 Å². The largest absolute Gasteiger partial charge is 0.457 e. The Morgan fingerprint density at radius 3 is 2.39 bits per heavy atom. The molecule has 0 fully saturated rings. The summed E-state index contributed by atoms with van der Waals surface area (Å²) in [6.07, 6.45) is 0.685. The maximum absolute atomic E-state index is 14.2. The smallest absolute Gasteiger partial charge is 0.355 e. The number of Topliss-reactive ketones (excluding diaryl/α,β-unsaturated/α-hetero) is 1. The summed E-state index contributed by atoms with van der Waals surface area (Å²) in [5.41, 5.74) is 4.01. The molecule has 2 atom stereocenters. The van der Waals surface area contributed by atoms with Crippen LogP contribution >= 0.6 is 0 Å². The molecule has 2 unspecified atom stereocenters. The summed E-state index contributed by atoms with van der Waals surface area (Å²) >= 11 is 0. The standard InChI is InChI=1S/C36H32N2O6/c1-2-36(29-19-30-32(39)16-17-38(30)33(40)28(29)22-43-35(36)42)44-34(41)31-18-26-10-6-7-11-27(26)21-37(31)20-23-12-14-25(15-13-23)24-8-4-3-5-9-24/h3-15,19,31H,2,16-18,20-22H2,1H3. The van der Waals surface area contributed by atoms with Crippen molar-refractivity contribution < 1.29 is 23.9 Å². The number of carbonyl (C=O) groups excluding carboxylic acids is 3. The lowest BCUT2D eigenvalue weighted by Gasteiger charge is -2.40. The quantitative estimate of drug-likeness (QED) is 0.295. The van der Waals surface area contributed by atoms with Crippen LogP contribution in [0.15, 0.2) is 89.7 Å². The molecule has 3 aliphatic rings. The van der Waals surface area contributed by atoms with Gasteiger partial charge in [0.2, 0.25) is 5.60 Å². The number of hydrogen-bond donors (Lipinski definition) is 0. The number of aromatic nitrogens is 1. The van der Waals surface area contributed by atoms with Crippen molar-refractivity contribution in [1.29, 1.82) is 0 Å². The number of carbonyl (C=O) groups is 3. The number of cyclic esters (lactones) is 1. The minimum atomic E-state index is -1.82. The van der Waals surface area contributed by atoms with Gasteiger partial charge in [0.15, 0.2) is 5.78 Å². The Hall–Kier alpha value is -4.82. The molecule has 222 valence electrons. The van der Waals surface area contributed by atoms with Crippen molar-refractivity contribution in [3.8, 4) is 11.1 Å². The first-order chi connectivity index (χ1) is 21.4. The fourth-order valence-electron chi connectivity index (χ4n) is 6.73. The van der Waals surface area contributed by atoms with Gasteiger partial charge in [0.25, 0.3) is 5.56 Å². The van der Waals surface area contributed by atoms with Gasteiger partial charge in [-0.05, 0) is 46.7 Å². The molecule has 0 amide bonds. The second-order valence-electron chi connectivity index (χ2n) is 11.7. The van der Waals surface area contributed by atoms with Gasteiger partial charge in [0.05, 0.1) is 11.3 Å². The first-order valence-electron chi connectivity index (χ1n) is 15.0. The maximum atomic E-state index is 14.2. The summed E-state index contributed by atoms with van der Waals surface area (Å²) in [4.78, 5) is 55.6. The Bertz CT molecular complexity index is 1850. The number of rotatable bonds is 6. The highest BCUT2D eigenvalue weighted by Crippen LogP contribution is 2.39. The van der Waals surface area contributed by atoms with E-state index >= 15 is 0 Å². The molecule has 1 aromatic heterocycles. The van der Waals surface area contributed by atoms with E-state index in [2.05, 4.69) is 47.4 Å². The van der Waals surface area contributed by atoms with E-state index in [1.165, 1.54) is 4.57 Å². The molecule has 7 rings (SSSR count). The van der Waals surface area contributed by atoms with Gasteiger partial charge < -0.3 is 14.0 Å². The highest BCUT2D eigenvalue weighted by atomic mass is 16.6. The van der Waals surface area contributed by atoms with Crippen molar-refractivity contribution >= 4 is 17.7 Å². The molecule has 0 saturated carbocycles. The number of hydrogen-bond acceptors (Lipinski definition) is 7. The van der Waals surface area contributed by atoms with Crippen LogP contribution in [0.4, 0.5) is 0 Å². The van der Waals surface area contributed by atoms with Crippen LogP contribution in [0.2, 0.25) is 0 Å². The second-order valence-corrected chi connectivity index (χ2v) is 11.7. The molecular weight excluding hydrogens is 556 g/mol. The molecule has 8 nitrogen and oxygen atoms in total. The van der Waals surface area contributed by atoms with E-state index in [-0.39, 0.29) is 54.2 Å². The van der Waals surface area contributed by atoms with Crippen LogP contribution in [0.3, 0.4) is 0 Å². The van der Waals surface area contributed by atoms with Crippen LogP contribution in [-0.4, -0.2) is 33.2 Å². The van der Waals surface area contributed by atoms with Crippen LogP contribution in [-0.2, 0) is 57.3 Å². The fraction of sp³-hybridized carbons (Fsp3) is 0.278. The van der Waals surface area contributed by atoms with Crippen molar-refractivity contribution in [2.24, 2.45) is 0 Å². The van der Waals surface area contributed by atoms with Gasteiger partial charge >= 0.3 is 11.9 Å². The second kappa shape index (κ2) is 11.0. The van der Waals surface area contributed by atoms with Crippen molar-refractivity contribution in [3.63, 3.8) is 0 Å². The Morgan fingerprint density at radius 2 is 1.64 bits per heavy atom. The predicted octanol–water partition coefficient (Wildman–Crippen LogP) is 4.93. The van der Waals surface area contributed by atoms with E-state index < -0.39 is 23.6 Å². The van der Waals surface area contributed by atoms with E-state index in [4.69, 9.17) is 9.47 Å². The van der Waals surface area contributed by atoms with Gasteiger partial charge in [-0.2, -0.15) is 0 Å². The number of nitrogens with zero attached hydrogens (tertiary/aromatic N) is 2. The topological polar surface area (TPSA) is 94.9 Å². The van der Waals surface area contributed by atoms with E-state index in [1.807, 2.05) is 36.4 Å². The minimum Gasteiger partial charge on any atom is -0.457 e. The van der Waals surface area contributed by atoms with Crippen molar-refractivity contribution in [3.05, 3.63) is 129 Å². The molecule has 3 aromatic carbocycles. The van der Waals surface area contributed by atoms with Crippen LogP contribution in [0.5, 0.6) is 0 Å². The van der Waals surface area contributed by atoms with E-state index in [9.17, 15) is 19.2 Å². The van der Waals surface area contributed by atoms with E-state index in [0.29, 0.717) is 19.5 Å². The van der Waals surface area contributed by atoms with Gasteiger partial charge in [-0.1, -0.05) is 85.8 Å². The molecule has 4 aromatic rings. The Kier molecular flexibility index (Phi) is 7.01. The van der Waals surface area contributed by atoms with Gasteiger partial charge in [0, 0.05) is 31.6 Å². The van der Waals surface area contributed by atoms with Crippen LogP contribution in [0, 0.1) is 0 Å².